The van der Waals surface area contributed by atoms with Crippen LogP contribution in [0, 0.1) is 5.82 Å². The fourth-order valence-electron chi connectivity index (χ4n) is 1.81. The second-order valence-corrected chi connectivity index (χ2v) is 4.72. The molecule has 0 aliphatic carbocycles. The van der Waals surface area contributed by atoms with E-state index in [0.29, 0.717) is 23.4 Å². The summed E-state index contributed by atoms with van der Waals surface area (Å²) in [5.74, 6) is -0.337. The molecule has 0 aliphatic heterocycles. The molecule has 1 aromatic heterocycles. The van der Waals surface area contributed by atoms with Crippen molar-refractivity contribution in [3.63, 3.8) is 0 Å². The Morgan fingerprint density at radius 2 is 2.16 bits per heavy atom. The van der Waals surface area contributed by atoms with E-state index < -0.39 is 0 Å². The van der Waals surface area contributed by atoms with E-state index in [2.05, 4.69) is 4.98 Å². The molecule has 2 rings (SSSR count). The third-order valence-electron chi connectivity index (χ3n) is 2.81. The molecule has 98 valence electrons. The van der Waals surface area contributed by atoms with Crippen molar-refractivity contribution in [1.82, 2.24) is 4.98 Å². The van der Waals surface area contributed by atoms with Crippen molar-refractivity contribution in [3.05, 3.63) is 64.7 Å². The van der Waals surface area contributed by atoms with Crippen LogP contribution in [-0.4, -0.2) is 10.8 Å². The number of Topliss-reactive ketones (excluding diaryl/α,β-unsaturated/α-hetero) is 1. The Hall–Kier alpha value is -1.74. The first kappa shape index (κ1) is 13.7. The molecule has 2 aromatic rings. The number of benzene rings is 1. The van der Waals surface area contributed by atoms with Crippen LogP contribution in [0.15, 0.2) is 42.7 Å². The second-order valence-electron chi connectivity index (χ2n) is 4.31. The smallest absolute Gasteiger partial charge is 0.137 e. The summed E-state index contributed by atoms with van der Waals surface area (Å²) in [6, 6.07) is 7.83. The van der Waals surface area contributed by atoms with Crippen molar-refractivity contribution in [2.45, 2.75) is 19.3 Å². The van der Waals surface area contributed by atoms with E-state index in [9.17, 15) is 9.18 Å². The van der Waals surface area contributed by atoms with Gasteiger partial charge in [0.15, 0.2) is 0 Å². The standard InChI is InChI=1S/C15H13ClFNO/c16-15-6-4-13(17)8-12(15)9-14(19)5-3-11-2-1-7-18-10-11/h1-2,4,6-8,10H,3,5,9H2. The highest BCUT2D eigenvalue weighted by molar-refractivity contribution is 6.31. The van der Waals surface area contributed by atoms with Gasteiger partial charge in [-0.15, -0.1) is 0 Å². The van der Waals surface area contributed by atoms with Crippen LogP contribution in [-0.2, 0) is 17.6 Å². The van der Waals surface area contributed by atoms with Gasteiger partial charge >= 0.3 is 0 Å². The van der Waals surface area contributed by atoms with Gasteiger partial charge in [0.1, 0.15) is 11.6 Å². The van der Waals surface area contributed by atoms with Crippen molar-refractivity contribution in [2.75, 3.05) is 0 Å². The van der Waals surface area contributed by atoms with Gasteiger partial charge in [-0.05, 0) is 41.8 Å². The zero-order chi connectivity index (χ0) is 13.7. The van der Waals surface area contributed by atoms with Crippen LogP contribution in [0.3, 0.4) is 0 Å². The molecular formula is C15H13ClFNO. The van der Waals surface area contributed by atoms with Crippen molar-refractivity contribution in [1.29, 1.82) is 0 Å². The maximum absolute atomic E-state index is 13.1. The third kappa shape index (κ3) is 4.14. The molecule has 0 spiro atoms. The van der Waals surface area contributed by atoms with Gasteiger partial charge in [0.2, 0.25) is 0 Å². The molecule has 0 amide bonds. The Morgan fingerprint density at radius 3 is 2.89 bits per heavy atom. The van der Waals surface area contributed by atoms with Gasteiger partial charge in [-0.3, -0.25) is 9.78 Å². The molecule has 0 N–H and O–H groups in total. The van der Waals surface area contributed by atoms with Gasteiger partial charge in [0.05, 0.1) is 0 Å². The number of pyridine rings is 1. The van der Waals surface area contributed by atoms with Crippen molar-refractivity contribution in [3.8, 4) is 0 Å². The molecule has 0 saturated carbocycles. The van der Waals surface area contributed by atoms with Crippen molar-refractivity contribution < 1.29 is 9.18 Å². The molecule has 0 bridgehead atoms. The lowest BCUT2D eigenvalue weighted by Gasteiger charge is -2.04. The van der Waals surface area contributed by atoms with Crippen LogP contribution in [0.5, 0.6) is 0 Å². The lowest BCUT2D eigenvalue weighted by atomic mass is 10.0. The zero-order valence-corrected chi connectivity index (χ0v) is 11.0. The van der Waals surface area contributed by atoms with E-state index in [0.717, 1.165) is 5.56 Å². The lowest BCUT2D eigenvalue weighted by Crippen LogP contribution is -2.05. The molecule has 0 fully saturated rings. The van der Waals surface area contributed by atoms with Crippen LogP contribution in [0.2, 0.25) is 5.02 Å². The first-order valence-corrected chi connectivity index (χ1v) is 6.37. The Labute approximate surface area is 116 Å². The molecular weight excluding hydrogens is 265 g/mol. The Kier molecular flexibility index (Phi) is 4.63. The first-order valence-electron chi connectivity index (χ1n) is 5.99. The largest absolute Gasteiger partial charge is 0.299 e. The minimum absolute atomic E-state index is 0.0383. The highest BCUT2D eigenvalue weighted by Crippen LogP contribution is 2.18. The quantitative estimate of drug-likeness (QED) is 0.835. The summed E-state index contributed by atoms with van der Waals surface area (Å²) in [7, 11) is 0. The average molecular weight is 278 g/mol. The number of ketones is 1. The number of hydrogen-bond acceptors (Lipinski definition) is 2. The maximum Gasteiger partial charge on any atom is 0.137 e. The second kappa shape index (κ2) is 6.43. The molecule has 0 unspecified atom stereocenters. The highest BCUT2D eigenvalue weighted by atomic mass is 35.5. The van der Waals surface area contributed by atoms with Crippen molar-refractivity contribution in [2.24, 2.45) is 0 Å². The number of rotatable bonds is 5. The molecule has 19 heavy (non-hydrogen) atoms. The molecule has 0 radical (unpaired) electrons. The predicted molar refractivity (Wildman–Crippen MR) is 72.7 cm³/mol. The topological polar surface area (TPSA) is 30.0 Å². The molecule has 0 atom stereocenters. The number of carbonyl (C=O) groups is 1. The lowest BCUT2D eigenvalue weighted by molar-refractivity contribution is -0.118. The van der Waals surface area contributed by atoms with Crippen LogP contribution in [0.1, 0.15) is 17.5 Å². The summed E-state index contributed by atoms with van der Waals surface area (Å²) in [4.78, 5) is 15.8. The fourth-order valence-corrected chi connectivity index (χ4v) is 1.99. The van der Waals surface area contributed by atoms with Crippen LogP contribution < -0.4 is 0 Å². The Morgan fingerprint density at radius 1 is 1.32 bits per heavy atom. The van der Waals surface area contributed by atoms with E-state index in [1.165, 1.54) is 18.2 Å². The number of aromatic nitrogens is 1. The monoisotopic (exact) mass is 277 g/mol. The Bertz CT molecular complexity index is 572. The molecule has 0 saturated heterocycles. The molecule has 0 aliphatic rings. The summed E-state index contributed by atoms with van der Waals surface area (Å²) in [6.45, 7) is 0. The van der Waals surface area contributed by atoms with Gasteiger partial charge in [-0.1, -0.05) is 17.7 Å². The van der Waals surface area contributed by atoms with Gasteiger partial charge < -0.3 is 0 Å². The maximum atomic E-state index is 13.1. The number of aryl methyl sites for hydroxylation is 1. The highest BCUT2D eigenvalue weighted by Gasteiger charge is 2.08. The minimum atomic E-state index is -0.376. The number of hydrogen-bond donors (Lipinski definition) is 0. The summed E-state index contributed by atoms with van der Waals surface area (Å²) in [5, 5.41) is 0.427. The van der Waals surface area contributed by atoms with E-state index in [4.69, 9.17) is 11.6 Å². The normalized spacial score (nSPS) is 10.4. The van der Waals surface area contributed by atoms with E-state index in [1.54, 1.807) is 12.4 Å². The minimum Gasteiger partial charge on any atom is -0.299 e. The summed E-state index contributed by atoms with van der Waals surface area (Å²) >= 11 is 5.93. The van der Waals surface area contributed by atoms with E-state index in [-0.39, 0.29) is 18.0 Å². The van der Waals surface area contributed by atoms with Gasteiger partial charge in [-0.25, -0.2) is 4.39 Å². The van der Waals surface area contributed by atoms with Gasteiger partial charge in [0, 0.05) is 30.3 Å². The molecule has 2 nitrogen and oxygen atoms in total. The van der Waals surface area contributed by atoms with Crippen LogP contribution in [0.4, 0.5) is 4.39 Å². The predicted octanol–water partition coefficient (Wildman–Crippen LogP) is 3.62. The van der Waals surface area contributed by atoms with Crippen LogP contribution >= 0.6 is 11.6 Å². The molecule has 4 heteroatoms. The van der Waals surface area contributed by atoms with Crippen LogP contribution in [0.25, 0.3) is 0 Å². The molecule has 1 heterocycles. The van der Waals surface area contributed by atoms with Crippen molar-refractivity contribution >= 4 is 17.4 Å². The summed E-state index contributed by atoms with van der Waals surface area (Å²) in [5.41, 5.74) is 1.55. The van der Waals surface area contributed by atoms with Gasteiger partial charge in [0.25, 0.3) is 0 Å². The van der Waals surface area contributed by atoms with Gasteiger partial charge in [-0.2, -0.15) is 0 Å². The Balaban J connectivity index is 1.93. The number of carbonyl (C=O) groups excluding carboxylic acids is 1. The third-order valence-corrected chi connectivity index (χ3v) is 3.18. The van der Waals surface area contributed by atoms with E-state index >= 15 is 0 Å². The number of nitrogens with zero attached hydrogens (tertiary/aromatic N) is 1. The number of halogens is 2. The fraction of sp³-hybridized carbons (Fsp3) is 0.200. The first-order chi connectivity index (χ1) is 9.15. The summed E-state index contributed by atoms with van der Waals surface area (Å²) < 4.78 is 13.1. The summed E-state index contributed by atoms with van der Waals surface area (Å²) in [6.07, 6.45) is 4.63. The van der Waals surface area contributed by atoms with E-state index in [1.807, 2.05) is 12.1 Å². The zero-order valence-electron chi connectivity index (χ0n) is 10.3. The average Bonchev–Trinajstić information content (AvgIpc) is 2.42. The SMILES string of the molecule is O=C(CCc1cccnc1)Cc1cc(F)ccc1Cl. The molecule has 1 aromatic carbocycles.